The third kappa shape index (κ3) is 13.1. The van der Waals surface area contributed by atoms with Gasteiger partial charge in [-0.05, 0) is 49.3 Å². The zero-order valence-corrected chi connectivity index (χ0v) is 35.9. The number of anilines is 2. The molecule has 0 aliphatic carbocycles. The number of hydrogen-bond donors (Lipinski definition) is 2. The third-order valence-corrected chi connectivity index (χ3v) is 14.1. The third-order valence-electron chi connectivity index (χ3n) is 12.3. The maximum absolute atomic E-state index is 14.2. The van der Waals surface area contributed by atoms with Crippen LogP contribution in [0.1, 0.15) is 128 Å². The zero-order chi connectivity index (χ0) is 42.1. The Hall–Kier alpha value is -4.30. The summed E-state index contributed by atoms with van der Waals surface area (Å²) in [5, 5.41) is 28.8. The molecule has 6 rings (SSSR count). The first-order valence-corrected chi connectivity index (χ1v) is 23.3. The highest BCUT2D eigenvalue weighted by Crippen LogP contribution is 2.46. The Kier molecular flexibility index (Phi) is 18.2. The number of methoxy groups -OCH3 is 1. The van der Waals surface area contributed by atoms with Crippen molar-refractivity contribution in [3.8, 4) is 5.75 Å². The number of benzene rings is 2. The number of nitrogens with one attached hydrogen (secondary N) is 2. The molecule has 3 fully saturated rings. The van der Waals surface area contributed by atoms with Crippen molar-refractivity contribution < 1.29 is 28.3 Å². The molecular weight excluding hydrogens is 771 g/mol. The van der Waals surface area contributed by atoms with Crippen LogP contribution in [0.2, 0.25) is 0 Å². The SMILES string of the molecule is C=C[C@H]1CN2C(S(=O)CCCCCCCCCCCCCCCCCC)CC1C[C@H]2[C@H](OC(=O)Nc1cc([N+](=O)[O-])cc([N+](=O)[O-])c1)C1=CCNc2ccc(OC)cc21. The van der Waals surface area contributed by atoms with Crippen LogP contribution in [0.4, 0.5) is 27.5 Å². The van der Waals surface area contributed by atoms with E-state index in [0.29, 0.717) is 31.0 Å². The maximum atomic E-state index is 14.2. The predicted molar refractivity (Wildman–Crippen MR) is 236 cm³/mol. The van der Waals surface area contributed by atoms with Gasteiger partial charge in [0.2, 0.25) is 0 Å². The largest absolute Gasteiger partial charge is 0.497 e. The van der Waals surface area contributed by atoms with Crippen molar-refractivity contribution in [2.24, 2.45) is 11.8 Å². The quantitative estimate of drug-likeness (QED) is 0.0403. The van der Waals surface area contributed by atoms with Gasteiger partial charge in [0.1, 0.15) is 11.9 Å². The van der Waals surface area contributed by atoms with Crippen molar-refractivity contribution in [2.75, 3.05) is 36.6 Å². The van der Waals surface area contributed by atoms with Crippen LogP contribution in [-0.4, -0.2) is 68.5 Å². The van der Waals surface area contributed by atoms with Crippen molar-refractivity contribution in [2.45, 2.75) is 140 Å². The number of amides is 1. The number of unbranched alkanes of at least 4 members (excludes halogenated alkanes) is 15. The fraction of sp³-hybridized carbons (Fsp3) is 0.622. The van der Waals surface area contributed by atoms with Crippen molar-refractivity contribution in [1.82, 2.24) is 4.90 Å². The maximum Gasteiger partial charge on any atom is 0.412 e. The van der Waals surface area contributed by atoms with Crippen molar-refractivity contribution in [3.05, 3.63) is 80.9 Å². The van der Waals surface area contributed by atoms with Gasteiger partial charge in [-0.1, -0.05) is 115 Å². The minimum atomic E-state index is -1.14. The van der Waals surface area contributed by atoms with Gasteiger partial charge in [0.15, 0.2) is 0 Å². The molecule has 2 aromatic rings. The average molecular weight is 836 g/mol. The van der Waals surface area contributed by atoms with Gasteiger partial charge in [0, 0.05) is 58.6 Å². The van der Waals surface area contributed by atoms with Crippen molar-refractivity contribution in [3.63, 3.8) is 0 Å². The number of hydrogen-bond acceptors (Lipinski definition) is 10. The smallest absolute Gasteiger partial charge is 0.412 e. The lowest BCUT2D eigenvalue weighted by molar-refractivity contribution is -0.394. The predicted octanol–water partition coefficient (Wildman–Crippen LogP) is 11.2. The molecule has 4 unspecified atom stereocenters. The number of carbonyl (C=O) groups is 1. The first-order chi connectivity index (χ1) is 28.6. The fourth-order valence-electron chi connectivity index (χ4n) is 9.08. The van der Waals surface area contributed by atoms with E-state index in [-0.39, 0.29) is 28.9 Å². The topological polar surface area (TPSA) is 166 Å². The molecule has 2 N–H and O–H groups in total. The summed E-state index contributed by atoms with van der Waals surface area (Å²) in [6.45, 7) is 7.48. The van der Waals surface area contributed by atoms with E-state index in [1.54, 1.807) is 7.11 Å². The van der Waals surface area contributed by atoms with E-state index in [4.69, 9.17) is 9.47 Å². The number of nitro benzene ring substituents is 2. The minimum Gasteiger partial charge on any atom is -0.497 e. The minimum absolute atomic E-state index is 0.133. The van der Waals surface area contributed by atoms with Gasteiger partial charge in [-0.15, -0.1) is 6.58 Å². The summed E-state index contributed by atoms with van der Waals surface area (Å²) in [7, 11) is 0.450. The van der Waals surface area contributed by atoms with Crippen LogP contribution in [0.3, 0.4) is 0 Å². The standard InChI is InChI=1S/C45H65N5O8S/c1-4-6-7-8-9-10-11-12-13-14-15-16-17-18-19-20-25-59(56)43-27-34-26-42(48(43)32-33(34)5-2)44(39-23-24-46-41-22-21-38(57-3)31-40(39)41)58-45(51)47-35-28-36(49(52)53)30-37(29-35)50(54)55/h5,21-23,28-31,33-34,42-44,46H,2,4,6-20,24-27,32H2,1,3H3,(H,47,51)/t33-,34?,42-,43?,44+,59?/m0/s1. The molecule has 0 aromatic heterocycles. The lowest BCUT2D eigenvalue weighted by Gasteiger charge is -2.55. The molecule has 0 saturated carbocycles. The summed E-state index contributed by atoms with van der Waals surface area (Å²) in [5.41, 5.74) is 1.20. The molecule has 14 heteroatoms. The van der Waals surface area contributed by atoms with Crippen molar-refractivity contribution in [1.29, 1.82) is 0 Å². The van der Waals surface area contributed by atoms with E-state index in [9.17, 15) is 29.2 Å². The Balaban J connectivity index is 1.22. The number of non-ortho nitro benzene ring substituents is 2. The monoisotopic (exact) mass is 835 g/mol. The van der Waals surface area contributed by atoms with E-state index in [1.807, 2.05) is 30.4 Å². The summed E-state index contributed by atoms with van der Waals surface area (Å²) in [5.74, 6) is 1.62. The Morgan fingerprint density at radius 1 is 0.915 bits per heavy atom. The molecule has 4 aliphatic heterocycles. The molecule has 0 radical (unpaired) electrons. The van der Waals surface area contributed by atoms with E-state index >= 15 is 0 Å². The van der Waals surface area contributed by atoms with Crippen LogP contribution in [0, 0.1) is 32.1 Å². The van der Waals surface area contributed by atoms with Crippen LogP contribution < -0.4 is 15.4 Å². The van der Waals surface area contributed by atoms with Gasteiger partial charge in [0.05, 0.1) is 40.1 Å². The van der Waals surface area contributed by atoms with Crippen LogP contribution >= 0.6 is 0 Å². The second kappa shape index (κ2) is 23.5. The van der Waals surface area contributed by atoms with Crippen LogP contribution in [-0.2, 0) is 15.5 Å². The summed E-state index contributed by atoms with van der Waals surface area (Å²) in [4.78, 5) is 37.7. The van der Waals surface area contributed by atoms with Crippen LogP contribution in [0.15, 0.2) is 55.1 Å². The lowest BCUT2D eigenvalue weighted by atomic mass is 9.72. The van der Waals surface area contributed by atoms with Gasteiger partial charge >= 0.3 is 6.09 Å². The van der Waals surface area contributed by atoms with E-state index in [1.165, 1.54) is 83.5 Å². The molecule has 4 heterocycles. The number of ether oxygens (including phenoxy) is 2. The molecule has 59 heavy (non-hydrogen) atoms. The lowest BCUT2D eigenvalue weighted by Crippen LogP contribution is -2.63. The molecular formula is C45H65N5O8S. The molecule has 4 aliphatic rings. The molecule has 7 atom stereocenters. The normalized spacial score (nSPS) is 21.7. The van der Waals surface area contributed by atoms with Crippen molar-refractivity contribution >= 4 is 45.2 Å². The number of carbonyl (C=O) groups excluding carboxylic acids is 1. The number of rotatable bonds is 26. The molecule has 13 nitrogen and oxygen atoms in total. The number of piperidine rings is 3. The number of nitrogens with zero attached hydrogens (tertiary/aromatic N) is 3. The zero-order valence-electron chi connectivity index (χ0n) is 35.1. The average Bonchev–Trinajstić information content (AvgIpc) is 3.24. The Labute approximate surface area is 352 Å². The fourth-order valence-corrected chi connectivity index (χ4v) is 10.8. The summed E-state index contributed by atoms with van der Waals surface area (Å²) in [6, 6.07) is 8.28. The highest BCUT2D eigenvalue weighted by atomic mass is 32.2. The first kappa shape index (κ1) is 45.8. The van der Waals surface area contributed by atoms with E-state index in [2.05, 4.69) is 29.0 Å². The van der Waals surface area contributed by atoms with E-state index in [0.717, 1.165) is 60.7 Å². The molecule has 2 bridgehead atoms. The summed E-state index contributed by atoms with van der Waals surface area (Å²) >= 11 is 0. The highest BCUT2D eigenvalue weighted by molar-refractivity contribution is 7.85. The Morgan fingerprint density at radius 3 is 2.05 bits per heavy atom. The summed E-state index contributed by atoms with van der Waals surface area (Å²) < 4.78 is 26.0. The summed E-state index contributed by atoms with van der Waals surface area (Å²) in [6.07, 6.45) is 24.1. The van der Waals surface area contributed by atoms with Gasteiger partial charge in [-0.25, -0.2) is 4.79 Å². The van der Waals surface area contributed by atoms with Crippen LogP contribution in [0.5, 0.6) is 5.75 Å². The van der Waals surface area contributed by atoms with Gasteiger partial charge in [0.25, 0.3) is 11.4 Å². The van der Waals surface area contributed by atoms with Crippen LogP contribution in [0.25, 0.3) is 5.57 Å². The Morgan fingerprint density at radius 2 is 1.51 bits per heavy atom. The second-order valence-corrected chi connectivity index (χ2v) is 18.1. The number of nitro groups is 2. The molecule has 2 aromatic carbocycles. The molecule has 3 saturated heterocycles. The first-order valence-electron chi connectivity index (χ1n) is 21.9. The second-order valence-electron chi connectivity index (χ2n) is 16.4. The molecule has 0 spiro atoms. The van der Waals surface area contributed by atoms with E-state index < -0.39 is 44.2 Å². The van der Waals surface area contributed by atoms with Gasteiger partial charge in [-0.3, -0.25) is 34.7 Å². The number of fused-ring (bicyclic) bond motifs is 4. The Bertz CT molecular complexity index is 1760. The molecule has 324 valence electrons. The van der Waals surface area contributed by atoms with Gasteiger partial charge in [-0.2, -0.15) is 0 Å². The molecule has 1 amide bonds. The van der Waals surface area contributed by atoms with Gasteiger partial charge < -0.3 is 14.8 Å². The highest BCUT2D eigenvalue weighted by Gasteiger charge is 2.50.